The van der Waals surface area contributed by atoms with Crippen molar-refractivity contribution in [1.29, 1.82) is 0 Å². The van der Waals surface area contributed by atoms with Crippen LogP contribution in [-0.2, 0) is 14.8 Å². The van der Waals surface area contributed by atoms with Crippen molar-refractivity contribution in [2.24, 2.45) is 5.92 Å². The molecular formula is C17H22FN5O4S2. The van der Waals surface area contributed by atoms with Crippen LogP contribution in [0, 0.1) is 11.7 Å². The van der Waals surface area contributed by atoms with Gasteiger partial charge in [-0.15, -0.1) is 0 Å². The zero-order valence-electron chi connectivity index (χ0n) is 15.8. The minimum absolute atomic E-state index is 0.0447. The van der Waals surface area contributed by atoms with E-state index in [0.29, 0.717) is 30.3 Å². The maximum Gasteiger partial charge on any atom is 0.246 e. The number of aromatic amines is 1. The number of aromatic nitrogens is 3. The molecule has 2 heterocycles. The number of H-pyrrole nitrogens is 1. The van der Waals surface area contributed by atoms with Gasteiger partial charge < -0.3 is 10.1 Å². The van der Waals surface area contributed by atoms with Crippen LogP contribution in [0.2, 0.25) is 0 Å². The van der Waals surface area contributed by atoms with Gasteiger partial charge in [0, 0.05) is 25.4 Å². The van der Waals surface area contributed by atoms with E-state index in [1.54, 1.807) is 0 Å². The maximum absolute atomic E-state index is 13.6. The highest BCUT2D eigenvalue weighted by molar-refractivity contribution is 7.99. The van der Waals surface area contributed by atoms with Gasteiger partial charge in [0.05, 0.1) is 13.0 Å². The normalized spacial score (nSPS) is 17.8. The van der Waals surface area contributed by atoms with Crippen molar-refractivity contribution < 1.29 is 22.3 Å². The number of amides is 1. The highest BCUT2D eigenvalue weighted by Crippen LogP contribution is 2.30. The average Bonchev–Trinajstić information content (AvgIpc) is 3.24. The lowest BCUT2D eigenvalue weighted by molar-refractivity contribution is -0.125. The average molecular weight is 444 g/mol. The number of carbonyl (C=O) groups is 1. The third kappa shape index (κ3) is 5.25. The zero-order chi connectivity index (χ0) is 20.9. The molecule has 0 unspecified atom stereocenters. The van der Waals surface area contributed by atoms with Gasteiger partial charge in [0.1, 0.15) is 22.8 Å². The summed E-state index contributed by atoms with van der Waals surface area (Å²) in [5.74, 6) is -0.652. The topological polar surface area (TPSA) is 117 Å². The largest absolute Gasteiger partial charge is 0.495 e. The first-order valence-electron chi connectivity index (χ1n) is 9.01. The van der Waals surface area contributed by atoms with Crippen molar-refractivity contribution in [3.8, 4) is 5.75 Å². The van der Waals surface area contributed by atoms with Crippen molar-refractivity contribution in [2.75, 3.05) is 32.5 Å². The lowest BCUT2D eigenvalue weighted by Gasteiger charge is -2.31. The lowest BCUT2D eigenvalue weighted by atomic mass is 9.99. The first kappa shape index (κ1) is 21.5. The van der Waals surface area contributed by atoms with Crippen LogP contribution in [0.4, 0.5) is 4.39 Å². The first-order chi connectivity index (χ1) is 13.9. The lowest BCUT2D eigenvalue weighted by Crippen LogP contribution is -2.45. The number of sulfonamides is 1. The molecule has 1 fully saturated rings. The first-order valence-corrected chi connectivity index (χ1v) is 11.4. The molecule has 0 spiro atoms. The van der Waals surface area contributed by atoms with Gasteiger partial charge in [0.15, 0.2) is 5.16 Å². The van der Waals surface area contributed by atoms with E-state index in [4.69, 9.17) is 4.74 Å². The Labute approximate surface area is 172 Å². The predicted octanol–water partition coefficient (Wildman–Crippen LogP) is 1.26. The number of rotatable bonds is 8. The fourth-order valence-electron chi connectivity index (χ4n) is 3.10. The summed E-state index contributed by atoms with van der Waals surface area (Å²) in [5, 5.41) is 9.96. The quantitative estimate of drug-likeness (QED) is 0.466. The van der Waals surface area contributed by atoms with Gasteiger partial charge in [-0.05, 0) is 31.0 Å². The van der Waals surface area contributed by atoms with Crippen molar-refractivity contribution in [3.05, 3.63) is 30.3 Å². The molecule has 2 aromatic rings. The van der Waals surface area contributed by atoms with E-state index in [1.807, 2.05) is 0 Å². The monoisotopic (exact) mass is 443 g/mol. The number of nitrogens with one attached hydrogen (secondary N) is 2. The number of hydrogen-bond acceptors (Lipinski definition) is 7. The Bertz CT molecular complexity index is 939. The van der Waals surface area contributed by atoms with E-state index in [0.717, 1.165) is 12.1 Å². The summed E-state index contributed by atoms with van der Waals surface area (Å²) >= 11 is 1.42. The van der Waals surface area contributed by atoms with Crippen LogP contribution in [0.5, 0.6) is 5.75 Å². The van der Waals surface area contributed by atoms with Crippen LogP contribution in [0.15, 0.2) is 34.6 Å². The molecule has 158 valence electrons. The number of halogens is 1. The van der Waals surface area contributed by atoms with Gasteiger partial charge >= 0.3 is 0 Å². The van der Waals surface area contributed by atoms with E-state index in [9.17, 15) is 17.6 Å². The van der Waals surface area contributed by atoms with Crippen LogP contribution in [0.1, 0.15) is 12.8 Å². The second kappa shape index (κ2) is 9.55. The molecule has 9 nitrogen and oxygen atoms in total. The van der Waals surface area contributed by atoms with E-state index < -0.39 is 21.8 Å². The zero-order valence-corrected chi connectivity index (χ0v) is 17.4. The fourth-order valence-corrected chi connectivity index (χ4v) is 5.42. The standard InChI is InChI=1S/C17H22FN5O4S2/c1-27-14-5-4-13(18)9-15(14)29(25,26)23-7-2-3-12(10-23)16(24)19-6-8-28-17-20-11-21-22-17/h4-5,9,11-12H,2-3,6-8,10H2,1H3,(H,19,24)(H,20,21,22)/t12-/m1/s1. The molecule has 1 aliphatic rings. The molecule has 0 saturated carbocycles. The van der Waals surface area contributed by atoms with Gasteiger partial charge in [-0.3, -0.25) is 9.89 Å². The molecule has 1 saturated heterocycles. The minimum Gasteiger partial charge on any atom is -0.495 e. The molecule has 2 N–H and O–H groups in total. The molecule has 0 radical (unpaired) electrons. The van der Waals surface area contributed by atoms with Crippen LogP contribution in [0.25, 0.3) is 0 Å². The molecule has 12 heteroatoms. The molecule has 1 aliphatic heterocycles. The van der Waals surface area contributed by atoms with Crippen LogP contribution in [-0.4, -0.2) is 66.3 Å². The summed E-state index contributed by atoms with van der Waals surface area (Å²) in [4.78, 5) is 16.2. The van der Waals surface area contributed by atoms with Gasteiger partial charge in [0.25, 0.3) is 0 Å². The highest BCUT2D eigenvalue weighted by atomic mass is 32.2. The second-order valence-electron chi connectivity index (χ2n) is 6.43. The molecular weight excluding hydrogens is 421 g/mol. The summed E-state index contributed by atoms with van der Waals surface area (Å²) in [7, 11) is -2.65. The van der Waals surface area contributed by atoms with Gasteiger partial charge in [-0.2, -0.15) is 9.40 Å². The summed E-state index contributed by atoms with van der Waals surface area (Å²) < 4.78 is 46.0. The number of nitrogens with zero attached hydrogens (tertiary/aromatic N) is 3. The Morgan fingerprint density at radius 2 is 2.31 bits per heavy atom. The number of methoxy groups -OCH3 is 1. The van der Waals surface area contributed by atoms with E-state index >= 15 is 0 Å². The number of hydrogen-bond donors (Lipinski definition) is 2. The van der Waals surface area contributed by atoms with Crippen molar-refractivity contribution in [3.63, 3.8) is 0 Å². The molecule has 3 rings (SSSR count). The SMILES string of the molecule is COc1ccc(F)cc1S(=O)(=O)N1CCC[C@@H](C(=O)NCCSc2ncn[nH]2)C1. The van der Waals surface area contributed by atoms with Gasteiger partial charge in [-0.1, -0.05) is 11.8 Å². The second-order valence-corrected chi connectivity index (χ2v) is 9.42. The Morgan fingerprint density at radius 3 is 3.03 bits per heavy atom. The van der Waals surface area contributed by atoms with Gasteiger partial charge in [-0.25, -0.2) is 17.8 Å². The smallest absolute Gasteiger partial charge is 0.246 e. The fraction of sp³-hybridized carbons (Fsp3) is 0.471. The summed E-state index contributed by atoms with van der Waals surface area (Å²) in [6.45, 7) is 0.737. The number of thioether (sulfide) groups is 1. The van der Waals surface area contributed by atoms with Crippen molar-refractivity contribution in [1.82, 2.24) is 24.8 Å². The Kier molecular flexibility index (Phi) is 7.09. The Morgan fingerprint density at radius 1 is 1.48 bits per heavy atom. The molecule has 1 aromatic carbocycles. The molecule has 0 aliphatic carbocycles. The summed E-state index contributed by atoms with van der Waals surface area (Å²) in [6, 6.07) is 3.36. The minimum atomic E-state index is -3.98. The van der Waals surface area contributed by atoms with E-state index in [-0.39, 0.29) is 29.6 Å². The van der Waals surface area contributed by atoms with Gasteiger partial charge in [0.2, 0.25) is 15.9 Å². The molecule has 1 aromatic heterocycles. The van der Waals surface area contributed by atoms with E-state index in [2.05, 4.69) is 20.5 Å². The number of benzene rings is 1. The molecule has 1 atom stereocenters. The van der Waals surface area contributed by atoms with Crippen LogP contribution < -0.4 is 10.1 Å². The van der Waals surface area contributed by atoms with Crippen LogP contribution >= 0.6 is 11.8 Å². The molecule has 29 heavy (non-hydrogen) atoms. The van der Waals surface area contributed by atoms with Crippen molar-refractivity contribution in [2.45, 2.75) is 22.9 Å². The molecule has 0 bridgehead atoms. The number of carbonyl (C=O) groups excluding carboxylic acids is 1. The Balaban J connectivity index is 1.60. The summed E-state index contributed by atoms with van der Waals surface area (Å²) in [6.07, 6.45) is 2.54. The number of ether oxygens (including phenoxy) is 1. The van der Waals surface area contributed by atoms with Crippen LogP contribution in [0.3, 0.4) is 0 Å². The highest BCUT2D eigenvalue weighted by Gasteiger charge is 2.35. The maximum atomic E-state index is 13.6. The van der Waals surface area contributed by atoms with E-state index in [1.165, 1.54) is 35.6 Å². The summed E-state index contributed by atoms with van der Waals surface area (Å²) in [5.41, 5.74) is 0. The predicted molar refractivity (Wildman–Crippen MR) is 105 cm³/mol. The molecule has 1 amide bonds. The third-order valence-corrected chi connectivity index (χ3v) is 7.30. The Hall–Kier alpha value is -2.18. The van der Waals surface area contributed by atoms with Crippen molar-refractivity contribution >= 4 is 27.7 Å². The third-order valence-electron chi connectivity index (χ3n) is 4.53. The number of piperidine rings is 1.